The van der Waals surface area contributed by atoms with Gasteiger partial charge in [-0.2, -0.15) is 5.10 Å². The molecule has 1 unspecified atom stereocenters. The Morgan fingerprint density at radius 2 is 1.96 bits per heavy atom. The van der Waals surface area contributed by atoms with Crippen LogP contribution in [0, 0.1) is 0 Å². The van der Waals surface area contributed by atoms with Gasteiger partial charge >= 0.3 is 0 Å². The van der Waals surface area contributed by atoms with E-state index in [0.717, 1.165) is 30.8 Å². The van der Waals surface area contributed by atoms with Gasteiger partial charge in [-0.3, -0.25) is 9.48 Å². The molecule has 1 aromatic heterocycles. The second-order valence-electron chi connectivity index (χ2n) is 8.88. The largest absolute Gasteiger partial charge is 0.351 e. The van der Waals surface area contributed by atoms with Gasteiger partial charge in [-0.05, 0) is 62.4 Å². The number of benzene rings is 1. The van der Waals surface area contributed by atoms with Gasteiger partial charge in [0.2, 0.25) is 0 Å². The first-order valence-electron chi connectivity index (χ1n) is 10.5. The Labute approximate surface area is 169 Å². The first-order chi connectivity index (χ1) is 13.3. The van der Waals surface area contributed by atoms with Gasteiger partial charge in [-0.15, -0.1) is 0 Å². The summed E-state index contributed by atoms with van der Waals surface area (Å²) in [5.41, 5.74) is 4.00. The molecule has 2 aromatic rings. The summed E-state index contributed by atoms with van der Waals surface area (Å²) < 4.78 is 1.91. The van der Waals surface area contributed by atoms with E-state index in [1.807, 2.05) is 10.7 Å². The molecule has 0 aliphatic carbocycles. The summed E-state index contributed by atoms with van der Waals surface area (Å²) in [5.74, 6) is -0.0830. The van der Waals surface area contributed by atoms with Crippen molar-refractivity contribution in [3.63, 3.8) is 0 Å². The van der Waals surface area contributed by atoms with E-state index in [9.17, 15) is 4.79 Å². The molecule has 1 atom stereocenters. The Morgan fingerprint density at radius 1 is 1.25 bits per heavy atom. The van der Waals surface area contributed by atoms with Gasteiger partial charge in [0.15, 0.2) is 5.69 Å². The summed E-state index contributed by atoms with van der Waals surface area (Å²) in [4.78, 5) is 15.0. The van der Waals surface area contributed by atoms with E-state index in [0.29, 0.717) is 18.3 Å². The molecule has 1 saturated heterocycles. The Bertz CT molecular complexity index is 801. The van der Waals surface area contributed by atoms with Crippen LogP contribution in [0.15, 0.2) is 30.3 Å². The summed E-state index contributed by atoms with van der Waals surface area (Å²) in [6.45, 7) is 11.3. The van der Waals surface area contributed by atoms with Crippen LogP contribution in [0.4, 0.5) is 0 Å². The van der Waals surface area contributed by atoms with E-state index in [2.05, 4.69) is 74.3 Å². The Morgan fingerprint density at radius 3 is 2.54 bits per heavy atom. The number of rotatable bonds is 6. The van der Waals surface area contributed by atoms with Crippen molar-refractivity contribution >= 4 is 5.91 Å². The molecule has 0 spiro atoms. The maximum absolute atomic E-state index is 12.6. The molecule has 1 aliphatic heterocycles. The second kappa shape index (κ2) is 8.48. The molecule has 1 aliphatic rings. The number of amides is 1. The molecular formula is C23H34N4O. The van der Waals surface area contributed by atoms with Crippen LogP contribution in [0.3, 0.4) is 0 Å². The normalized spacial score (nSPS) is 17.8. The van der Waals surface area contributed by atoms with Crippen molar-refractivity contribution < 1.29 is 4.79 Å². The number of nitrogens with one attached hydrogen (secondary N) is 1. The molecule has 152 valence electrons. The van der Waals surface area contributed by atoms with Crippen LogP contribution < -0.4 is 5.32 Å². The highest BCUT2D eigenvalue weighted by Gasteiger charge is 2.21. The summed E-state index contributed by atoms with van der Waals surface area (Å²) >= 11 is 0. The Balaban J connectivity index is 1.68. The number of aryl methyl sites for hydroxylation is 1. The fourth-order valence-corrected chi connectivity index (χ4v) is 3.93. The van der Waals surface area contributed by atoms with Gasteiger partial charge in [0, 0.05) is 19.1 Å². The van der Waals surface area contributed by atoms with Crippen molar-refractivity contribution in [3.05, 3.63) is 41.6 Å². The molecule has 0 saturated carbocycles. The zero-order valence-corrected chi connectivity index (χ0v) is 18.0. The van der Waals surface area contributed by atoms with Gasteiger partial charge in [0.05, 0.1) is 5.69 Å². The van der Waals surface area contributed by atoms with E-state index in [-0.39, 0.29) is 11.3 Å². The molecular weight excluding hydrogens is 348 g/mol. The fourth-order valence-electron chi connectivity index (χ4n) is 3.93. The van der Waals surface area contributed by atoms with Gasteiger partial charge in [0.1, 0.15) is 0 Å². The van der Waals surface area contributed by atoms with Crippen molar-refractivity contribution in [3.8, 4) is 11.3 Å². The third-order valence-electron chi connectivity index (χ3n) is 5.79. The maximum Gasteiger partial charge on any atom is 0.271 e. The van der Waals surface area contributed by atoms with Gasteiger partial charge < -0.3 is 10.2 Å². The number of carbonyl (C=O) groups is 1. The van der Waals surface area contributed by atoms with Crippen molar-refractivity contribution in [2.24, 2.45) is 0 Å². The third kappa shape index (κ3) is 4.64. The molecule has 1 aromatic carbocycles. The lowest BCUT2D eigenvalue weighted by atomic mass is 9.86. The van der Waals surface area contributed by atoms with Crippen LogP contribution in [0.25, 0.3) is 11.3 Å². The van der Waals surface area contributed by atoms with Gasteiger partial charge in [-0.25, -0.2) is 0 Å². The summed E-state index contributed by atoms with van der Waals surface area (Å²) in [6, 6.07) is 11.1. The second-order valence-corrected chi connectivity index (χ2v) is 8.88. The fraction of sp³-hybridized carbons (Fsp3) is 0.565. The van der Waals surface area contributed by atoms with Crippen LogP contribution in [-0.2, 0) is 12.0 Å². The highest BCUT2D eigenvalue weighted by Crippen LogP contribution is 2.26. The lowest BCUT2D eigenvalue weighted by Crippen LogP contribution is -2.32. The van der Waals surface area contributed by atoms with Crippen molar-refractivity contribution in [2.75, 3.05) is 20.1 Å². The number of nitrogens with zero attached hydrogens (tertiary/aromatic N) is 3. The van der Waals surface area contributed by atoms with Crippen LogP contribution in [-0.4, -0.2) is 46.8 Å². The summed E-state index contributed by atoms with van der Waals surface area (Å²) in [6.07, 6.45) is 3.48. The number of aromatic nitrogens is 2. The Kier molecular flexibility index (Phi) is 6.23. The van der Waals surface area contributed by atoms with Crippen molar-refractivity contribution in [1.82, 2.24) is 20.0 Å². The highest BCUT2D eigenvalue weighted by atomic mass is 16.1. The van der Waals surface area contributed by atoms with Gasteiger partial charge in [0.25, 0.3) is 5.91 Å². The summed E-state index contributed by atoms with van der Waals surface area (Å²) in [7, 11) is 2.17. The minimum Gasteiger partial charge on any atom is -0.351 e. The van der Waals surface area contributed by atoms with Crippen molar-refractivity contribution in [2.45, 2.75) is 65.0 Å². The molecule has 2 heterocycles. The highest BCUT2D eigenvalue weighted by molar-refractivity contribution is 5.93. The molecule has 0 radical (unpaired) electrons. The molecule has 1 N–H and O–H groups in total. The lowest BCUT2D eigenvalue weighted by Gasteiger charge is -2.19. The minimum absolute atomic E-state index is 0.0830. The lowest BCUT2D eigenvalue weighted by molar-refractivity contribution is 0.0944. The first-order valence-corrected chi connectivity index (χ1v) is 10.5. The number of hydrogen-bond donors (Lipinski definition) is 1. The van der Waals surface area contributed by atoms with Crippen LogP contribution in [0.2, 0.25) is 0 Å². The van der Waals surface area contributed by atoms with Crippen LogP contribution in [0.5, 0.6) is 0 Å². The summed E-state index contributed by atoms with van der Waals surface area (Å²) in [5, 5.41) is 7.59. The number of carbonyl (C=O) groups excluding carboxylic acids is 1. The zero-order valence-electron chi connectivity index (χ0n) is 18.0. The quantitative estimate of drug-likeness (QED) is 0.819. The van der Waals surface area contributed by atoms with Crippen molar-refractivity contribution in [1.29, 1.82) is 0 Å². The van der Waals surface area contributed by atoms with Crippen LogP contribution >= 0.6 is 0 Å². The van der Waals surface area contributed by atoms with Crippen LogP contribution in [0.1, 0.15) is 63.0 Å². The third-order valence-corrected chi connectivity index (χ3v) is 5.79. The predicted octanol–water partition coefficient (Wildman–Crippen LogP) is 4.08. The van der Waals surface area contributed by atoms with E-state index < -0.39 is 0 Å². The predicted molar refractivity (Wildman–Crippen MR) is 115 cm³/mol. The number of likely N-dealkylation sites (tertiary alicyclic amines) is 1. The van der Waals surface area contributed by atoms with E-state index in [4.69, 9.17) is 0 Å². The maximum atomic E-state index is 12.6. The molecule has 5 heteroatoms. The molecule has 0 bridgehead atoms. The molecule has 1 fully saturated rings. The minimum atomic E-state index is -0.0830. The number of hydrogen-bond acceptors (Lipinski definition) is 3. The SMILES string of the molecule is CCn1nc(C(=O)NCCC2CCCN2C)cc1-c1ccc(C(C)(C)C)cc1. The topological polar surface area (TPSA) is 50.2 Å². The standard InChI is InChI=1S/C23H34N4O/c1-6-27-21(17-9-11-18(12-10-17)23(2,3)4)16-20(25-27)22(28)24-14-13-19-8-7-15-26(19)5/h9-12,16,19H,6-8,13-15H2,1-5H3,(H,24,28). The molecule has 3 rings (SSSR count). The molecule has 28 heavy (non-hydrogen) atoms. The Hall–Kier alpha value is -2.14. The molecule has 5 nitrogen and oxygen atoms in total. The first kappa shape index (κ1) is 20.6. The van der Waals surface area contributed by atoms with E-state index in [1.54, 1.807) is 0 Å². The zero-order chi connectivity index (χ0) is 20.3. The van der Waals surface area contributed by atoms with E-state index >= 15 is 0 Å². The monoisotopic (exact) mass is 382 g/mol. The van der Waals surface area contributed by atoms with Gasteiger partial charge in [-0.1, -0.05) is 45.0 Å². The average molecular weight is 383 g/mol. The average Bonchev–Trinajstić information content (AvgIpc) is 3.27. The smallest absolute Gasteiger partial charge is 0.271 e. The molecule has 1 amide bonds. The van der Waals surface area contributed by atoms with E-state index in [1.165, 1.54) is 18.4 Å².